The van der Waals surface area contributed by atoms with E-state index in [9.17, 15) is 4.39 Å². The third-order valence-electron chi connectivity index (χ3n) is 2.83. The Bertz CT molecular complexity index is 349. The molecule has 0 bridgehead atoms. The van der Waals surface area contributed by atoms with Gasteiger partial charge in [0.05, 0.1) is 0 Å². The van der Waals surface area contributed by atoms with Gasteiger partial charge in [-0.1, -0.05) is 15.9 Å². The second-order valence-electron chi connectivity index (χ2n) is 4.13. The van der Waals surface area contributed by atoms with Crippen molar-refractivity contribution in [3.8, 4) is 0 Å². The molecule has 1 aliphatic rings. The number of hydrogen-bond acceptors (Lipinski definition) is 0. The third kappa shape index (κ3) is 3.18. The standard InChI is InChI=1S/C12H13BrClF/c13-10-4-6-12(15)9(7-10)3-5-11(14)8-1-2-8/h4,6-8,11H,1-3,5H2. The molecule has 1 atom stereocenters. The van der Waals surface area contributed by atoms with Crippen LogP contribution in [0.1, 0.15) is 24.8 Å². The molecule has 1 aromatic carbocycles. The van der Waals surface area contributed by atoms with Crippen molar-refractivity contribution in [3.05, 3.63) is 34.1 Å². The fraction of sp³-hybridized carbons (Fsp3) is 0.500. The van der Waals surface area contributed by atoms with Crippen molar-refractivity contribution < 1.29 is 4.39 Å². The van der Waals surface area contributed by atoms with Crippen molar-refractivity contribution in [2.24, 2.45) is 5.92 Å². The molecule has 0 aliphatic heterocycles. The second-order valence-corrected chi connectivity index (χ2v) is 5.60. The van der Waals surface area contributed by atoms with Crippen molar-refractivity contribution in [1.29, 1.82) is 0 Å². The van der Waals surface area contributed by atoms with Gasteiger partial charge >= 0.3 is 0 Å². The maximum Gasteiger partial charge on any atom is 0.126 e. The molecule has 0 heterocycles. The zero-order valence-electron chi connectivity index (χ0n) is 8.35. The molecule has 1 aliphatic carbocycles. The molecular formula is C12H13BrClF. The fourth-order valence-electron chi connectivity index (χ4n) is 1.72. The lowest BCUT2D eigenvalue weighted by molar-refractivity contribution is 0.594. The number of benzene rings is 1. The first-order valence-corrected chi connectivity index (χ1v) is 6.48. The highest BCUT2D eigenvalue weighted by Crippen LogP contribution is 2.37. The number of hydrogen-bond donors (Lipinski definition) is 0. The summed E-state index contributed by atoms with van der Waals surface area (Å²) in [5, 5.41) is 0.225. The summed E-state index contributed by atoms with van der Waals surface area (Å²) in [5.74, 6) is 0.555. The van der Waals surface area contributed by atoms with E-state index in [1.807, 2.05) is 6.07 Å². The molecule has 1 unspecified atom stereocenters. The third-order valence-corrected chi connectivity index (χ3v) is 3.90. The van der Waals surface area contributed by atoms with Crippen molar-refractivity contribution >= 4 is 27.5 Å². The first kappa shape index (κ1) is 11.4. The Labute approximate surface area is 103 Å². The van der Waals surface area contributed by atoms with Crippen molar-refractivity contribution in [2.45, 2.75) is 31.1 Å². The first-order chi connectivity index (χ1) is 7.16. The number of alkyl halides is 1. The Balaban J connectivity index is 1.94. The molecule has 0 saturated heterocycles. The van der Waals surface area contributed by atoms with E-state index in [0.29, 0.717) is 5.92 Å². The molecule has 0 N–H and O–H groups in total. The van der Waals surface area contributed by atoms with E-state index in [1.165, 1.54) is 18.9 Å². The van der Waals surface area contributed by atoms with Crippen LogP contribution < -0.4 is 0 Å². The van der Waals surface area contributed by atoms with Crippen LogP contribution in [-0.2, 0) is 6.42 Å². The van der Waals surface area contributed by atoms with Crippen molar-refractivity contribution in [1.82, 2.24) is 0 Å². The highest BCUT2D eigenvalue weighted by molar-refractivity contribution is 9.10. The molecule has 0 radical (unpaired) electrons. The van der Waals surface area contributed by atoms with E-state index in [-0.39, 0.29) is 11.2 Å². The van der Waals surface area contributed by atoms with Crippen LogP contribution in [0.25, 0.3) is 0 Å². The molecular weight excluding hydrogens is 278 g/mol. The number of halogens is 3. The molecule has 1 saturated carbocycles. The van der Waals surface area contributed by atoms with Gasteiger partial charge in [-0.05, 0) is 55.4 Å². The Morgan fingerprint density at radius 2 is 2.20 bits per heavy atom. The average molecular weight is 292 g/mol. The summed E-state index contributed by atoms with van der Waals surface area (Å²) in [6.07, 6.45) is 4.10. The Morgan fingerprint density at radius 1 is 1.47 bits per heavy atom. The van der Waals surface area contributed by atoms with Gasteiger partial charge in [-0.3, -0.25) is 0 Å². The van der Waals surface area contributed by atoms with Gasteiger partial charge in [0.15, 0.2) is 0 Å². The lowest BCUT2D eigenvalue weighted by atomic mass is 10.1. The largest absolute Gasteiger partial charge is 0.207 e. The summed E-state index contributed by atoms with van der Waals surface area (Å²) in [7, 11) is 0. The Kier molecular flexibility index (Phi) is 3.68. The number of aryl methyl sites for hydroxylation is 1. The van der Waals surface area contributed by atoms with E-state index in [0.717, 1.165) is 22.9 Å². The smallest absolute Gasteiger partial charge is 0.126 e. The van der Waals surface area contributed by atoms with Gasteiger partial charge in [0.2, 0.25) is 0 Å². The minimum atomic E-state index is -0.127. The minimum absolute atomic E-state index is 0.127. The first-order valence-electron chi connectivity index (χ1n) is 5.25. The summed E-state index contributed by atoms with van der Waals surface area (Å²) in [4.78, 5) is 0. The lowest BCUT2D eigenvalue weighted by Crippen LogP contribution is -2.04. The van der Waals surface area contributed by atoms with Crippen molar-refractivity contribution in [2.75, 3.05) is 0 Å². The quantitative estimate of drug-likeness (QED) is 0.715. The van der Waals surface area contributed by atoms with Crippen LogP contribution >= 0.6 is 27.5 Å². The van der Waals surface area contributed by atoms with Gasteiger partial charge < -0.3 is 0 Å². The van der Waals surface area contributed by atoms with Gasteiger partial charge in [-0.2, -0.15) is 0 Å². The maximum absolute atomic E-state index is 13.4. The van der Waals surface area contributed by atoms with Crippen molar-refractivity contribution in [3.63, 3.8) is 0 Å². The van der Waals surface area contributed by atoms with Gasteiger partial charge in [0.25, 0.3) is 0 Å². The van der Waals surface area contributed by atoms with Gasteiger partial charge in [-0.25, -0.2) is 4.39 Å². The molecule has 15 heavy (non-hydrogen) atoms. The minimum Gasteiger partial charge on any atom is -0.207 e. The highest BCUT2D eigenvalue weighted by Gasteiger charge is 2.29. The van der Waals surface area contributed by atoms with Crippen LogP contribution in [-0.4, -0.2) is 5.38 Å². The molecule has 1 fully saturated rings. The fourth-order valence-corrected chi connectivity index (χ4v) is 2.49. The second kappa shape index (κ2) is 4.84. The van der Waals surface area contributed by atoms with E-state index < -0.39 is 0 Å². The predicted octanol–water partition coefficient (Wildman–Crippen LogP) is 4.54. The summed E-state index contributed by atoms with van der Waals surface area (Å²) in [5.41, 5.74) is 0.760. The van der Waals surface area contributed by atoms with Crippen LogP contribution in [0.4, 0.5) is 4.39 Å². The molecule has 0 nitrogen and oxygen atoms in total. The molecule has 1 aromatic rings. The predicted molar refractivity (Wildman–Crippen MR) is 64.8 cm³/mol. The number of rotatable bonds is 4. The molecule has 2 rings (SSSR count). The zero-order chi connectivity index (χ0) is 10.8. The summed E-state index contributed by atoms with van der Waals surface area (Å²) in [6.45, 7) is 0. The summed E-state index contributed by atoms with van der Waals surface area (Å²) < 4.78 is 14.3. The Hall–Kier alpha value is -0.0800. The van der Waals surface area contributed by atoms with Gasteiger partial charge in [-0.15, -0.1) is 11.6 Å². The van der Waals surface area contributed by atoms with Crippen LogP contribution in [0.15, 0.2) is 22.7 Å². The van der Waals surface area contributed by atoms with Crippen LogP contribution in [0.2, 0.25) is 0 Å². The van der Waals surface area contributed by atoms with E-state index >= 15 is 0 Å². The van der Waals surface area contributed by atoms with E-state index in [4.69, 9.17) is 11.6 Å². The molecule has 0 amide bonds. The topological polar surface area (TPSA) is 0 Å². The normalized spacial score (nSPS) is 17.8. The van der Waals surface area contributed by atoms with Crippen LogP contribution in [0.3, 0.4) is 0 Å². The summed E-state index contributed by atoms with van der Waals surface area (Å²) >= 11 is 9.53. The van der Waals surface area contributed by atoms with Crippen LogP contribution in [0, 0.1) is 11.7 Å². The average Bonchev–Trinajstić information content (AvgIpc) is 3.02. The van der Waals surface area contributed by atoms with Gasteiger partial charge in [0.1, 0.15) is 5.82 Å². The maximum atomic E-state index is 13.4. The Morgan fingerprint density at radius 3 is 2.87 bits per heavy atom. The molecule has 0 spiro atoms. The summed E-state index contributed by atoms with van der Waals surface area (Å²) in [6, 6.07) is 5.06. The molecule has 82 valence electrons. The SMILES string of the molecule is Fc1ccc(Br)cc1CCC(Cl)C1CC1. The molecule has 3 heteroatoms. The monoisotopic (exact) mass is 290 g/mol. The van der Waals surface area contributed by atoms with E-state index in [1.54, 1.807) is 6.07 Å². The van der Waals surface area contributed by atoms with Crippen LogP contribution in [0.5, 0.6) is 0 Å². The van der Waals surface area contributed by atoms with E-state index in [2.05, 4.69) is 15.9 Å². The molecule has 0 aromatic heterocycles. The van der Waals surface area contributed by atoms with Gasteiger partial charge in [0, 0.05) is 9.85 Å². The zero-order valence-corrected chi connectivity index (χ0v) is 10.7. The lowest BCUT2D eigenvalue weighted by Gasteiger charge is -2.08. The highest BCUT2D eigenvalue weighted by atomic mass is 79.9.